The molecule has 1 fully saturated rings. The Bertz CT molecular complexity index is 769. The van der Waals surface area contributed by atoms with Gasteiger partial charge in [0.05, 0.1) is 22.7 Å². The molecule has 2 aromatic rings. The van der Waals surface area contributed by atoms with E-state index in [-0.39, 0.29) is 18.5 Å². The van der Waals surface area contributed by atoms with Gasteiger partial charge in [0, 0.05) is 31.2 Å². The highest BCUT2D eigenvalue weighted by atomic mass is 16.3. The lowest BCUT2D eigenvalue weighted by atomic mass is 10.1. The molecule has 6 nitrogen and oxygen atoms in total. The Kier molecular flexibility index (Phi) is 4.11. The summed E-state index contributed by atoms with van der Waals surface area (Å²) in [4.78, 5) is 19.3. The maximum absolute atomic E-state index is 13.0. The summed E-state index contributed by atoms with van der Waals surface area (Å²) in [7, 11) is 1.72. The first-order valence-corrected chi connectivity index (χ1v) is 8.53. The highest BCUT2D eigenvalue weighted by Crippen LogP contribution is 2.40. The number of aliphatic hydroxyl groups is 1. The Morgan fingerprint density at radius 3 is 2.67 bits per heavy atom. The average molecular weight is 330 g/mol. The molecule has 0 spiro atoms. The molecule has 0 saturated heterocycles. The van der Waals surface area contributed by atoms with Crippen molar-refractivity contribution in [2.24, 2.45) is 0 Å². The third-order valence-corrected chi connectivity index (χ3v) is 4.27. The van der Waals surface area contributed by atoms with Crippen molar-refractivity contribution in [3.63, 3.8) is 0 Å². The minimum absolute atomic E-state index is 0.102. The number of likely N-dealkylation sites (N-methyl/N-ethyl adjacent to an activating group) is 1. The molecule has 1 aliphatic carbocycles. The molecule has 6 heteroatoms. The molecule has 2 aromatic heterocycles. The van der Waals surface area contributed by atoms with Crippen LogP contribution in [0.2, 0.25) is 0 Å². The third kappa shape index (κ3) is 3.29. The van der Waals surface area contributed by atoms with Gasteiger partial charge in [0.1, 0.15) is 0 Å². The molecule has 1 N–H and O–H groups in total. The molecule has 1 saturated carbocycles. The van der Waals surface area contributed by atoms with E-state index in [1.165, 1.54) is 0 Å². The molecule has 0 radical (unpaired) electrons. The number of fused-ring (bicyclic) bond motifs is 1. The van der Waals surface area contributed by atoms with Gasteiger partial charge in [-0.3, -0.25) is 4.79 Å². The van der Waals surface area contributed by atoms with Crippen LogP contribution in [-0.4, -0.2) is 49.9 Å². The summed E-state index contributed by atoms with van der Waals surface area (Å²) in [5.74, 6) is 0.353. The molecule has 0 unspecified atom stereocenters. The van der Waals surface area contributed by atoms with Crippen LogP contribution in [-0.2, 0) is 0 Å². The molecule has 0 aromatic carbocycles. The van der Waals surface area contributed by atoms with E-state index >= 15 is 0 Å². The van der Waals surface area contributed by atoms with Crippen molar-refractivity contribution < 1.29 is 9.90 Å². The summed E-state index contributed by atoms with van der Waals surface area (Å²) < 4.78 is 1.87. The predicted octanol–water partition coefficient (Wildman–Crippen LogP) is 2.73. The molecule has 130 valence electrons. The number of hydrogen-bond acceptors (Lipinski definition) is 4. The number of aromatic nitrogens is 3. The number of amides is 1. The lowest BCUT2D eigenvalue weighted by Crippen LogP contribution is -2.39. The first kappa shape index (κ1) is 16.9. The molecular formula is C18H26N4O2. The second kappa shape index (κ2) is 5.84. The quantitative estimate of drug-likeness (QED) is 0.915. The maximum Gasteiger partial charge on any atom is 0.254 e. The average Bonchev–Trinajstić information content (AvgIpc) is 3.22. The Labute approximate surface area is 142 Å². The van der Waals surface area contributed by atoms with Gasteiger partial charge in [0.15, 0.2) is 5.65 Å². The highest BCUT2D eigenvalue weighted by molar-refractivity contribution is 6.05. The standard InChI is InChI=1S/C18H26N4O2/c1-11(2)22-16-14(9-19-22)13(8-15(20-16)12-6-7-12)17(23)21(5)10-18(3,4)24/h8-9,11-12,24H,6-7,10H2,1-5H3. The molecule has 24 heavy (non-hydrogen) atoms. The molecule has 0 atom stereocenters. The summed E-state index contributed by atoms with van der Waals surface area (Å²) in [6.07, 6.45) is 3.98. The van der Waals surface area contributed by atoms with E-state index in [2.05, 4.69) is 18.9 Å². The van der Waals surface area contributed by atoms with Crippen LogP contribution in [0.3, 0.4) is 0 Å². The Morgan fingerprint density at radius 2 is 2.12 bits per heavy atom. The van der Waals surface area contributed by atoms with Crippen molar-refractivity contribution in [2.75, 3.05) is 13.6 Å². The van der Waals surface area contributed by atoms with Gasteiger partial charge in [-0.05, 0) is 46.6 Å². The number of rotatable bonds is 5. The van der Waals surface area contributed by atoms with Gasteiger partial charge in [-0.2, -0.15) is 5.10 Å². The topological polar surface area (TPSA) is 71.2 Å². The van der Waals surface area contributed by atoms with Crippen molar-refractivity contribution in [2.45, 2.75) is 58.1 Å². The molecule has 1 aliphatic rings. The van der Waals surface area contributed by atoms with Gasteiger partial charge in [0.25, 0.3) is 5.91 Å². The van der Waals surface area contributed by atoms with Gasteiger partial charge in [-0.15, -0.1) is 0 Å². The smallest absolute Gasteiger partial charge is 0.254 e. The van der Waals surface area contributed by atoms with Crippen LogP contribution in [0.1, 0.15) is 68.5 Å². The zero-order valence-corrected chi connectivity index (χ0v) is 15.1. The monoisotopic (exact) mass is 330 g/mol. The van der Waals surface area contributed by atoms with Crippen LogP contribution in [0.15, 0.2) is 12.3 Å². The Balaban J connectivity index is 2.07. The van der Waals surface area contributed by atoms with E-state index in [4.69, 9.17) is 4.98 Å². The van der Waals surface area contributed by atoms with E-state index < -0.39 is 5.60 Å². The number of pyridine rings is 1. The number of carbonyl (C=O) groups excluding carboxylic acids is 1. The SMILES string of the molecule is CC(C)n1ncc2c(C(=O)N(C)CC(C)(C)O)cc(C3CC3)nc21. The van der Waals surface area contributed by atoms with E-state index in [9.17, 15) is 9.90 Å². The number of hydrogen-bond donors (Lipinski definition) is 1. The lowest BCUT2D eigenvalue weighted by Gasteiger charge is -2.26. The van der Waals surface area contributed by atoms with E-state index in [0.717, 1.165) is 29.6 Å². The zero-order valence-electron chi connectivity index (χ0n) is 15.1. The second-order valence-corrected chi connectivity index (χ2v) is 7.76. The summed E-state index contributed by atoms with van der Waals surface area (Å²) in [5, 5.41) is 15.2. The van der Waals surface area contributed by atoms with Crippen LogP contribution in [0.4, 0.5) is 0 Å². The first-order chi connectivity index (χ1) is 11.2. The fraction of sp³-hybridized carbons (Fsp3) is 0.611. The second-order valence-electron chi connectivity index (χ2n) is 7.76. The van der Waals surface area contributed by atoms with Crippen molar-refractivity contribution >= 4 is 16.9 Å². The molecule has 2 heterocycles. The zero-order chi connectivity index (χ0) is 17.6. The third-order valence-electron chi connectivity index (χ3n) is 4.27. The summed E-state index contributed by atoms with van der Waals surface area (Å²) in [6.45, 7) is 7.78. The van der Waals surface area contributed by atoms with Crippen LogP contribution >= 0.6 is 0 Å². The van der Waals surface area contributed by atoms with Gasteiger partial charge < -0.3 is 10.0 Å². The minimum atomic E-state index is -0.933. The largest absolute Gasteiger partial charge is 0.389 e. The van der Waals surface area contributed by atoms with E-state index in [0.29, 0.717) is 11.5 Å². The highest BCUT2D eigenvalue weighted by Gasteiger charge is 2.29. The molecule has 3 rings (SSSR count). The van der Waals surface area contributed by atoms with Crippen molar-refractivity contribution in [3.8, 4) is 0 Å². The maximum atomic E-state index is 13.0. The molecular weight excluding hydrogens is 304 g/mol. The van der Waals surface area contributed by atoms with Gasteiger partial charge >= 0.3 is 0 Å². The van der Waals surface area contributed by atoms with Crippen LogP contribution < -0.4 is 0 Å². The van der Waals surface area contributed by atoms with E-state index in [1.807, 2.05) is 10.7 Å². The Hall–Kier alpha value is -1.95. The summed E-state index contributed by atoms with van der Waals surface area (Å²) >= 11 is 0. The normalized spacial score (nSPS) is 15.3. The summed E-state index contributed by atoms with van der Waals surface area (Å²) in [5.41, 5.74) is 1.44. The lowest BCUT2D eigenvalue weighted by molar-refractivity contribution is 0.0369. The van der Waals surface area contributed by atoms with Crippen molar-refractivity contribution in [1.29, 1.82) is 0 Å². The first-order valence-electron chi connectivity index (χ1n) is 8.53. The van der Waals surface area contributed by atoms with Crippen molar-refractivity contribution in [3.05, 3.63) is 23.5 Å². The Morgan fingerprint density at radius 1 is 1.46 bits per heavy atom. The fourth-order valence-corrected chi connectivity index (χ4v) is 3.04. The van der Waals surface area contributed by atoms with Gasteiger partial charge in [-0.25, -0.2) is 9.67 Å². The number of nitrogens with zero attached hydrogens (tertiary/aromatic N) is 4. The minimum Gasteiger partial charge on any atom is -0.389 e. The predicted molar refractivity (Wildman–Crippen MR) is 93.1 cm³/mol. The van der Waals surface area contributed by atoms with Crippen LogP contribution in [0.5, 0.6) is 0 Å². The van der Waals surface area contributed by atoms with E-state index in [1.54, 1.807) is 32.0 Å². The molecule has 1 amide bonds. The van der Waals surface area contributed by atoms with Crippen LogP contribution in [0, 0.1) is 0 Å². The van der Waals surface area contributed by atoms with Gasteiger partial charge in [-0.1, -0.05) is 0 Å². The summed E-state index contributed by atoms with van der Waals surface area (Å²) in [6, 6.07) is 2.09. The van der Waals surface area contributed by atoms with Crippen LogP contribution in [0.25, 0.3) is 11.0 Å². The fourth-order valence-electron chi connectivity index (χ4n) is 3.04. The van der Waals surface area contributed by atoms with Gasteiger partial charge in [0.2, 0.25) is 0 Å². The molecule has 0 bridgehead atoms. The number of carbonyl (C=O) groups is 1. The van der Waals surface area contributed by atoms with Crippen molar-refractivity contribution in [1.82, 2.24) is 19.7 Å². The molecule has 0 aliphatic heterocycles.